The summed E-state index contributed by atoms with van der Waals surface area (Å²) in [4.78, 5) is 4.15. The van der Waals surface area contributed by atoms with Crippen LogP contribution in [0.1, 0.15) is 12.8 Å². The lowest BCUT2D eigenvalue weighted by Gasteiger charge is -2.09. The van der Waals surface area contributed by atoms with Crippen molar-refractivity contribution in [3.8, 4) is 22.8 Å². The molecular weight excluding hydrogens is 324 g/mol. The molecule has 3 nitrogen and oxygen atoms in total. The summed E-state index contributed by atoms with van der Waals surface area (Å²) in [5.74, 6) is -1.96. The van der Waals surface area contributed by atoms with Crippen LogP contribution in [0.25, 0.3) is 11.1 Å². The summed E-state index contributed by atoms with van der Waals surface area (Å²) < 4.78 is 36.3. The molecule has 0 N–H and O–H groups in total. The lowest BCUT2D eigenvalue weighted by atomic mass is 10.1. The Balaban J connectivity index is 1.68. The summed E-state index contributed by atoms with van der Waals surface area (Å²) >= 11 is 6.11. The molecule has 1 aliphatic rings. The topological polar surface area (TPSA) is 31.4 Å². The van der Waals surface area contributed by atoms with E-state index in [1.165, 1.54) is 0 Å². The molecule has 6 heteroatoms. The number of ether oxygens (including phenoxy) is 2. The highest BCUT2D eigenvalue weighted by atomic mass is 35.5. The molecule has 0 amide bonds. The molecule has 1 aromatic heterocycles. The molecular formula is C17H16ClF2NO2. The number of aromatic nitrogens is 1. The molecule has 3 rings (SSSR count). The van der Waals surface area contributed by atoms with Crippen molar-refractivity contribution in [2.45, 2.75) is 18.8 Å². The first-order valence-electron chi connectivity index (χ1n) is 7.29. The van der Waals surface area contributed by atoms with E-state index in [1.54, 1.807) is 31.5 Å². The average Bonchev–Trinajstić information content (AvgIpc) is 3.14. The first-order chi connectivity index (χ1) is 11.0. The molecule has 0 spiro atoms. The first-order valence-corrected chi connectivity index (χ1v) is 7.67. The minimum Gasteiger partial charge on any atom is -0.494 e. The van der Waals surface area contributed by atoms with Gasteiger partial charge in [-0.1, -0.05) is 11.6 Å². The monoisotopic (exact) mass is 339 g/mol. The molecule has 0 aliphatic heterocycles. The normalized spacial score (nSPS) is 18.5. The van der Waals surface area contributed by atoms with Crippen molar-refractivity contribution in [1.29, 1.82) is 0 Å². The summed E-state index contributed by atoms with van der Waals surface area (Å²) in [5.41, 5.74) is 1.71. The van der Waals surface area contributed by atoms with Gasteiger partial charge in [0, 0.05) is 35.2 Å². The number of nitrogens with zero attached hydrogens (tertiary/aromatic N) is 1. The maximum Gasteiger partial charge on any atom is 0.251 e. The minimum absolute atomic E-state index is 0.0331. The lowest BCUT2D eigenvalue weighted by molar-refractivity contribution is 0.0930. The van der Waals surface area contributed by atoms with Crippen LogP contribution in [0.15, 0.2) is 36.5 Å². The van der Waals surface area contributed by atoms with E-state index in [1.807, 2.05) is 12.1 Å². The van der Waals surface area contributed by atoms with Crippen LogP contribution in [0.3, 0.4) is 0 Å². The Morgan fingerprint density at radius 1 is 1.26 bits per heavy atom. The summed E-state index contributed by atoms with van der Waals surface area (Å²) in [6.07, 6.45) is 1.99. The van der Waals surface area contributed by atoms with E-state index < -0.39 is 11.8 Å². The number of halogens is 3. The Hall–Kier alpha value is -1.88. The third kappa shape index (κ3) is 3.91. The Morgan fingerprint density at radius 2 is 2.04 bits per heavy atom. The van der Waals surface area contributed by atoms with Gasteiger partial charge >= 0.3 is 0 Å². The van der Waals surface area contributed by atoms with Crippen molar-refractivity contribution in [2.24, 2.45) is 5.92 Å². The van der Waals surface area contributed by atoms with Crippen molar-refractivity contribution in [3.05, 3.63) is 41.6 Å². The van der Waals surface area contributed by atoms with Gasteiger partial charge < -0.3 is 9.47 Å². The number of benzene rings is 1. The first kappa shape index (κ1) is 16.0. The molecule has 23 heavy (non-hydrogen) atoms. The molecule has 0 bridgehead atoms. The van der Waals surface area contributed by atoms with Crippen molar-refractivity contribution in [2.75, 3.05) is 13.7 Å². The van der Waals surface area contributed by atoms with Crippen LogP contribution < -0.4 is 9.47 Å². The van der Waals surface area contributed by atoms with Crippen LogP contribution in [-0.2, 0) is 0 Å². The second-order valence-corrected chi connectivity index (χ2v) is 6.00. The van der Waals surface area contributed by atoms with E-state index in [9.17, 15) is 8.78 Å². The van der Waals surface area contributed by atoms with Gasteiger partial charge in [-0.05, 0) is 36.2 Å². The van der Waals surface area contributed by atoms with E-state index >= 15 is 0 Å². The SMILES string of the molecule is COc1ccc(-c2cc(Cl)cc(OCCC3CC3(F)F)c2)cn1. The number of alkyl halides is 2. The molecule has 1 aliphatic carbocycles. The van der Waals surface area contributed by atoms with Crippen LogP contribution in [0, 0.1) is 5.92 Å². The van der Waals surface area contributed by atoms with Crippen molar-refractivity contribution >= 4 is 11.6 Å². The molecule has 0 radical (unpaired) electrons. The van der Waals surface area contributed by atoms with Crippen LogP contribution in [0.2, 0.25) is 5.02 Å². The highest BCUT2D eigenvalue weighted by Crippen LogP contribution is 2.50. The van der Waals surface area contributed by atoms with Gasteiger partial charge in [-0.2, -0.15) is 0 Å². The molecule has 1 saturated carbocycles. The zero-order chi connectivity index (χ0) is 16.4. The van der Waals surface area contributed by atoms with Gasteiger partial charge in [-0.25, -0.2) is 13.8 Å². The van der Waals surface area contributed by atoms with Crippen LogP contribution >= 0.6 is 11.6 Å². The second kappa shape index (κ2) is 6.32. The molecule has 1 fully saturated rings. The third-order valence-corrected chi connectivity index (χ3v) is 4.06. The van der Waals surface area contributed by atoms with Gasteiger partial charge in [0.15, 0.2) is 0 Å². The summed E-state index contributed by atoms with van der Waals surface area (Å²) in [7, 11) is 1.55. The molecule has 0 saturated heterocycles. The fourth-order valence-corrected chi connectivity index (χ4v) is 2.61. The standard InChI is InChI=1S/C17H16ClF2NO2/c1-22-16-3-2-11(10-21-16)12-6-14(18)8-15(7-12)23-5-4-13-9-17(13,19)20/h2-3,6-8,10,13H,4-5,9H2,1H3. The van der Waals surface area contributed by atoms with Crippen LogP contribution in [-0.4, -0.2) is 24.6 Å². The van der Waals surface area contributed by atoms with Crippen molar-refractivity contribution < 1.29 is 18.3 Å². The fourth-order valence-electron chi connectivity index (χ4n) is 2.39. The molecule has 122 valence electrons. The van der Waals surface area contributed by atoms with Gasteiger partial charge in [0.2, 0.25) is 5.88 Å². The van der Waals surface area contributed by atoms with E-state index in [0.717, 1.165) is 11.1 Å². The minimum atomic E-state index is -2.50. The molecule has 1 unspecified atom stereocenters. The van der Waals surface area contributed by atoms with Crippen LogP contribution in [0.4, 0.5) is 8.78 Å². The quantitative estimate of drug-likeness (QED) is 0.755. The Kier molecular flexibility index (Phi) is 4.39. The zero-order valence-electron chi connectivity index (χ0n) is 12.6. The zero-order valence-corrected chi connectivity index (χ0v) is 13.3. The van der Waals surface area contributed by atoms with E-state index in [2.05, 4.69) is 4.98 Å². The second-order valence-electron chi connectivity index (χ2n) is 5.56. The van der Waals surface area contributed by atoms with Gasteiger partial charge in [-0.15, -0.1) is 0 Å². The van der Waals surface area contributed by atoms with Crippen LogP contribution in [0.5, 0.6) is 11.6 Å². The van der Waals surface area contributed by atoms with E-state index in [4.69, 9.17) is 21.1 Å². The highest BCUT2D eigenvalue weighted by Gasteiger charge is 2.56. The van der Waals surface area contributed by atoms with E-state index in [-0.39, 0.29) is 13.0 Å². The highest BCUT2D eigenvalue weighted by molar-refractivity contribution is 6.31. The number of methoxy groups -OCH3 is 1. The summed E-state index contributed by atoms with van der Waals surface area (Å²) in [6, 6.07) is 8.92. The molecule has 2 aromatic rings. The number of hydrogen-bond acceptors (Lipinski definition) is 3. The fraction of sp³-hybridized carbons (Fsp3) is 0.353. The van der Waals surface area contributed by atoms with Gasteiger partial charge in [0.25, 0.3) is 5.92 Å². The molecule has 1 aromatic carbocycles. The Bertz CT molecular complexity index is 691. The van der Waals surface area contributed by atoms with Crippen molar-refractivity contribution in [1.82, 2.24) is 4.98 Å². The maximum absolute atomic E-state index is 12.8. The maximum atomic E-state index is 12.8. The predicted octanol–water partition coefficient (Wildman–Crippen LogP) is 4.83. The largest absolute Gasteiger partial charge is 0.494 e. The van der Waals surface area contributed by atoms with Gasteiger partial charge in [-0.3, -0.25) is 0 Å². The summed E-state index contributed by atoms with van der Waals surface area (Å²) in [6.45, 7) is 0.251. The number of hydrogen-bond donors (Lipinski definition) is 0. The van der Waals surface area contributed by atoms with Crippen molar-refractivity contribution in [3.63, 3.8) is 0 Å². The van der Waals surface area contributed by atoms with Gasteiger partial charge in [0.1, 0.15) is 5.75 Å². The molecule has 1 heterocycles. The predicted molar refractivity (Wildman–Crippen MR) is 84.4 cm³/mol. The number of rotatable bonds is 6. The third-order valence-electron chi connectivity index (χ3n) is 3.84. The number of pyridine rings is 1. The lowest BCUT2D eigenvalue weighted by Crippen LogP contribution is -2.02. The van der Waals surface area contributed by atoms with E-state index in [0.29, 0.717) is 23.1 Å². The Labute approximate surface area is 138 Å². The Morgan fingerprint density at radius 3 is 2.65 bits per heavy atom. The summed E-state index contributed by atoms with van der Waals surface area (Å²) in [5, 5.41) is 0.519. The smallest absolute Gasteiger partial charge is 0.251 e. The van der Waals surface area contributed by atoms with Gasteiger partial charge in [0.05, 0.1) is 13.7 Å². The molecule has 1 atom stereocenters. The average molecular weight is 340 g/mol.